The molecule has 4 rings (SSSR count). The summed E-state index contributed by atoms with van der Waals surface area (Å²) in [6.45, 7) is 4.24. The molecule has 12 heteroatoms. The summed E-state index contributed by atoms with van der Waals surface area (Å²) in [7, 11) is -3.78. The number of rotatable bonds is 8. The summed E-state index contributed by atoms with van der Waals surface area (Å²) in [5.74, 6) is -0.567. The van der Waals surface area contributed by atoms with Crippen molar-refractivity contribution in [2.45, 2.75) is 31.1 Å². The molecule has 0 radical (unpaired) electrons. The van der Waals surface area contributed by atoms with E-state index in [4.69, 9.17) is 11.6 Å². The van der Waals surface area contributed by atoms with Crippen LogP contribution in [0.5, 0.6) is 0 Å². The van der Waals surface area contributed by atoms with Gasteiger partial charge in [0, 0.05) is 22.5 Å². The highest BCUT2D eigenvalue weighted by molar-refractivity contribution is 7.93. The molecule has 4 aromatic rings. The molecule has 34 heavy (non-hydrogen) atoms. The highest BCUT2D eigenvalue weighted by Crippen LogP contribution is 2.35. The number of fused-ring (bicyclic) bond motifs is 1. The van der Waals surface area contributed by atoms with Crippen LogP contribution in [0.15, 0.2) is 47.4 Å². The van der Waals surface area contributed by atoms with E-state index < -0.39 is 10.0 Å². The number of hydrogen-bond acceptors (Lipinski definition) is 7. The predicted octanol–water partition coefficient (Wildman–Crippen LogP) is 5.44. The third kappa shape index (κ3) is 5.38. The summed E-state index contributed by atoms with van der Waals surface area (Å²) in [5, 5.41) is 12.6. The Balaban J connectivity index is 1.35. The van der Waals surface area contributed by atoms with Crippen LogP contribution in [0.1, 0.15) is 40.0 Å². The smallest absolute Gasteiger partial charge is 0.263 e. The number of benzene rings is 2. The molecular formula is C22H20ClFN4O3S3. The van der Waals surface area contributed by atoms with Crippen LogP contribution in [-0.4, -0.2) is 31.1 Å². The first-order chi connectivity index (χ1) is 16.1. The van der Waals surface area contributed by atoms with Gasteiger partial charge in [0.05, 0.1) is 9.92 Å². The summed E-state index contributed by atoms with van der Waals surface area (Å²) < 4.78 is 41.7. The molecule has 2 heterocycles. The van der Waals surface area contributed by atoms with Crippen LogP contribution >= 0.6 is 34.3 Å². The summed E-state index contributed by atoms with van der Waals surface area (Å²) >= 11 is 8.63. The first-order valence-electron chi connectivity index (χ1n) is 10.2. The van der Waals surface area contributed by atoms with Gasteiger partial charge in [-0.1, -0.05) is 48.9 Å². The molecular weight excluding hydrogens is 519 g/mol. The molecule has 0 spiro atoms. The average molecular weight is 539 g/mol. The van der Waals surface area contributed by atoms with Crippen molar-refractivity contribution < 1.29 is 17.6 Å². The van der Waals surface area contributed by atoms with Crippen molar-refractivity contribution in [2.75, 3.05) is 11.3 Å². The molecule has 2 aromatic heterocycles. The highest BCUT2D eigenvalue weighted by atomic mass is 35.5. The van der Waals surface area contributed by atoms with Crippen molar-refractivity contribution in [1.82, 2.24) is 15.5 Å². The lowest BCUT2D eigenvalue weighted by Gasteiger charge is -2.07. The fraction of sp³-hybridized carbons (Fsp3) is 0.227. The largest absolute Gasteiger partial charge is 0.351 e. The Hall–Kier alpha value is -2.60. The number of nitrogens with one attached hydrogen (secondary N) is 2. The monoisotopic (exact) mass is 538 g/mol. The quantitative estimate of drug-likeness (QED) is 0.311. The van der Waals surface area contributed by atoms with Gasteiger partial charge in [0.2, 0.25) is 5.13 Å². The third-order valence-electron chi connectivity index (χ3n) is 4.89. The van der Waals surface area contributed by atoms with Gasteiger partial charge in [-0.3, -0.25) is 9.52 Å². The van der Waals surface area contributed by atoms with Crippen LogP contribution in [0.2, 0.25) is 5.02 Å². The number of thiophene rings is 1. The van der Waals surface area contributed by atoms with E-state index in [-0.39, 0.29) is 27.7 Å². The maximum absolute atomic E-state index is 13.4. The molecule has 0 unspecified atom stereocenters. The minimum atomic E-state index is -3.78. The van der Waals surface area contributed by atoms with Crippen molar-refractivity contribution in [1.29, 1.82) is 0 Å². The molecule has 0 saturated carbocycles. The van der Waals surface area contributed by atoms with Gasteiger partial charge >= 0.3 is 0 Å². The predicted molar refractivity (Wildman–Crippen MR) is 134 cm³/mol. The van der Waals surface area contributed by atoms with Gasteiger partial charge in [-0.25, -0.2) is 12.8 Å². The maximum atomic E-state index is 13.4. The van der Waals surface area contributed by atoms with Gasteiger partial charge in [-0.05, 0) is 42.3 Å². The van der Waals surface area contributed by atoms with Gasteiger partial charge in [0.15, 0.2) is 0 Å². The second kappa shape index (κ2) is 9.95. The zero-order valence-electron chi connectivity index (χ0n) is 18.1. The minimum Gasteiger partial charge on any atom is -0.351 e. The number of carbonyl (C=O) groups is 1. The van der Waals surface area contributed by atoms with Crippen molar-refractivity contribution in [2.24, 2.45) is 0 Å². The molecule has 0 aliphatic heterocycles. The molecule has 0 bridgehead atoms. The summed E-state index contributed by atoms with van der Waals surface area (Å²) in [4.78, 5) is 13.0. The van der Waals surface area contributed by atoms with Crippen LogP contribution in [0, 0.1) is 5.82 Å². The van der Waals surface area contributed by atoms with Gasteiger partial charge < -0.3 is 5.32 Å². The first kappa shape index (κ1) is 24.5. The lowest BCUT2D eigenvalue weighted by atomic mass is 10.1. The molecule has 1 amide bonds. The van der Waals surface area contributed by atoms with Crippen LogP contribution in [0.25, 0.3) is 10.1 Å². The van der Waals surface area contributed by atoms with Crippen LogP contribution in [-0.2, 0) is 16.4 Å². The van der Waals surface area contributed by atoms with Crippen molar-refractivity contribution in [3.05, 3.63) is 68.8 Å². The topological polar surface area (TPSA) is 101 Å². The summed E-state index contributed by atoms with van der Waals surface area (Å²) in [6, 6.07) is 10.6. The number of hydrogen-bond donors (Lipinski definition) is 2. The number of sulfonamides is 1. The van der Waals surface area contributed by atoms with Crippen molar-refractivity contribution in [3.8, 4) is 0 Å². The van der Waals surface area contributed by atoms with Gasteiger partial charge in [-0.15, -0.1) is 21.5 Å². The molecule has 178 valence electrons. The number of amides is 1. The number of aromatic nitrogens is 2. The van der Waals surface area contributed by atoms with Crippen LogP contribution < -0.4 is 10.0 Å². The van der Waals surface area contributed by atoms with Gasteiger partial charge in [-0.2, -0.15) is 0 Å². The Kier molecular flexibility index (Phi) is 7.17. The van der Waals surface area contributed by atoms with Crippen molar-refractivity contribution >= 4 is 65.4 Å². The summed E-state index contributed by atoms with van der Waals surface area (Å²) in [5.41, 5.74) is 0.849. The van der Waals surface area contributed by atoms with E-state index in [0.717, 1.165) is 21.9 Å². The molecule has 0 fully saturated rings. The van der Waals surface area contributed by atoms with Crippen LogP contribution in [0.3, 0.4) is 0 Å². The number of nitrogens with zero attached hydrogens (tertiary/aromatic N) is 2. The van der Waals surface area contributed by atoms with E-state index in [1.165, 1.54) is 35.6 Å². The number of halogens is 2. The molecule has 2 N–H and O–H groups in total. The zero-order chi connectivity index (χ0) is 24.5. The Morgan fingerprint density at radius 2 is 1.85 bits per heavy atom. The molecule has 0 atom stereocenters. The highest BCUT2D eigenvalue weighted by Gasteiger charge is 2.19. The van der Waals surface area contributed by atoms with Gasteiger partial charge in [0.1, 0.15) is 15.7 Å². The molecule has 7 nitrogen and oxygen atoms in total. The SMILES string of the molecule is CC(C)c1nnc(NS(=O)(=O)c2ccc(CCNC(=O)c3sc4cc(F)ccc4c3Cl)cc2)s1. The standard InChI is InChI=1S/C22H20ClFN4O3S3/c1-12(2)21-26-27-22(33-21)28-34(30,31)15-6-3-13(4-7-15)9-10-25-20(29)19-18(23)16-8-5-14(24)11-17(16)32-19/h3-8,11-12H,9-10H2,1-2H3,(H,25,29)(H,27,28). The molecule has 0 aliphatic rings. The lowest BCUT2D eigenvalue weighted by molar-refractivity contribution is 0.0958. The van der Waals surface area contributed by atoms with E-state index >= 15 is 0 Å². The average Bonchev–Trinajstić information content (AvgIpc) is 3.38. The summed E-state index contributed by atoms with van der Waals surface area (Å²) in [6.07, 6.45) is 0.491. The van der Waals surface area contributed by atoms with Crippen LogP contribution in [0.4, 0.5) is 9.52 Å². The van der Waals surface area contributed by atoms with E-state index in [9.17, 15) is 17.6 Å². The molecule has 0 saturated heterocycles. The third-order valence-corrected chi connectivity index (χ3v) is 9.17. The number of carbonyl (C=O) groups excluding carboxylic acids is 1. The molecule has 0 aliphatic carbocycles. The normalized spacial score (nSPS) is 11.8. The molecule has 2 aromatic carbocycles. The number of anilines is 1. The zero-order valence-corrected chi connectivity index (χ0v) is 21.3. The van der Waals surface area contributed by atoms with E-state index in [0.29, 0.717) is 33.0 Å². The Bertz CT molecular complexity index is 1450. The Labute approximate surface area is 209 Å². The van der Waals surface area contributed by atoms with Gasteiger partial charge in [0.25, 0.3) is 15.9 Å². The van der Waals surface area contributed by atoms with E-state index in [1.54, 1.807) is 18.2 Å². The Morgan fingerprint density at radius 1 is 1.12 bits per heavy atom. The van der Waals surface area contributed by atoms with Crippen molar-refractivity contribution in [3.63, 3.8) is 0 Å². The van der Waals surface area contributed by atoms with E-state index in [2.05, 4.69) is 20.2 Å². The minimum absolute atomic E-state index is 0.103. The fourth-order valence-electron chi connectivity index (χ4n) is 3.10. The maximum Gasteiger partial charge on any atom is 0.263 e. The Morgan fingerprint density at radius 3 is 2.53 bits per heavy atom. The second-order valence-electron chi connectivity index (χ2n) is 7.74. The van der Waals surface area contributed by atoms with E-state index in [1.807, 2.05) is 13.8 Å². The first-order valence-corrected chi connectivity index (χ1v) is 13.7. The lowest BCUT2D eigenvalue weighted by Crippen LogP contribution is -2.25. The fourth-order valence-corrected chi connectivity index (χ4v) is 6.54. The second-order valence-corrected chi connectivity index (χ2v) is 11.9.